The Hall–Kier alpha value is -1.95. The minimum Gasteiger partial charge on any atom is -0.355 e. The van der Waals surface area contributed by atoms with Gasteiger partial charge >= 0.3 is 0 Å². The number of hydrogen-bond acceptors (Lipinski definition) is 4. The van der Waals surface area contributed by atoms with Gasteiger partial charge in [-0.2, -0.15) is 0 Å². The zero-order valence-electron chi connectivity index (χ0n) is 14.2. The molecule has 5 heteroatoms. The largest absolute Gasteiger partial charge is 0.355 e. The average molecular weight is 371 g/mol. The Kier molecular flexibility index (Phi) is 6.39. The quantitative estimate of drug-likeness (QED) is 0.625. The number of hydrogen-bond donors (Lipinski definition) is 2. The van der Waals surface area contributed by atoms with Crippen LogP contribution in [0.3, 0.4) is 0 Å². The zero-order chi connectivity index (χ0) is 17.5. The van der Waals surface area contributed by atoms with Gasteiger partial charge in [0, 0.05) is 16.3 Å². The number of carbonyl (C=O) groups excluding carboxylic acids is 1. The molecule has 0 bridgehead atoms. The molecular weight excluding hydrogens is 348 g/mol. The Morgan fingerprint density at radius 3 is 2.48 bits per heavy atom. The topological polar surface area (TPSA) is 41.1 Å². The van der Waals surface area contributed by atoms with Crippen molar-refractivity contribution in [3.8, 4) is 0 Å². The number of aryl methyl sites for hydroxylation is 1. The van der Waals surface area contributed by atoms with Crippen molar-refractivity contribution >= 4 is 28.6 Å². The van der Waals surface area contributed by atoms with Gasteiger partial charge in [0.1, 0.15) is 0 Å². The molecule has 1 amide bonds. The van der Waals surface area contributed by atoms with E-state index >= 15 is 0 Å². The van der Waals surface area contributed by atoms with E-state index in [4.69, 9.17) is 0 Å². The number of thiophene rings is 2. The molecule has 3 rings (SSSR count). The van der Waals surface area contributed by atoms with E-state index in [0.717, 1.165) is 6.42 Å². The van der Waals surface area contributed by atoms with Crippen LogP contribution in [0.15, 0.2) is 59.3 Å². The molecular formula is C20H22N2OS2. The van der Waals surface area contributed by atoms with E-state index in [9.17, 15) is 4.79 Å². The van der Waals surface area contributed by atoms with Crippen molar-refractivity contribution in [1.82, 2.24) is 10.6 Å². The Balaban J connectivity index is 1.55. The first kappa shape index (κ1) is 17.9. The first-order chi connectivity index (χ1) is 12.2. The van der Waals surface area contributed by atoms with Crippen LogP contribution in [0.4, 0.5) is 0 Å². The van der Waals surface area contributed by atoms with Crippen LogP contribution >= 0.6 is 22.7 Å². The second kappa shape index (κ2) is 8.94. The molecule has 0 unspecified atom stereocenters. The first-order valence-electron chi connectivity index (χ1n) is 8.35. The summed E-state index contributed by atoms with van der Waals surface area (Å²) in [4.78, 5) is 14.7. The maximum Gasteiger partial charge on any atom is 0.233 e. The lowest BCUT2D eigenvalue weighted by atomic mass is 10.0. The Bertz CT molecular complexity index is 765. The van der Waals surface area contributed by atoms with E-state index in [1.54, 1.807) is 22.7 Å². The van der Waals surface area contributed by atoms with Gasteiger partial charge < -0.3 is 5.32 Å². The smallest absolute Gasteiger partial charge is 0.233 e. The molecule has 0 radical (unpaired) electrons. The number of benzene rings is 1. The minimum atomic E-state index is 0.0326. The summed E-state index contributed by atoms with van der Waals surface area (Å²) in [7, 11) is 0. The maximum atomic E-state index is 12.2. The second-order valence-electron chi connectivity index (χ2n) is 5.92. The summed E-state index contributed by atoms with van der Waals surface area (Å²) in [5.74, 6) is 0.0326. The number of nitrogens with one attached hydrogen (secondary N) is 2. The van der Waals surface area contributed by atoms with Crippen LogP contribution in [0.2, 0.25) is 0 Å². The van der Waals surface area contributed by atoms with Crippen molar-refractivity contribution in [3.05, 3.63) is 80.2 Å². The molecule has 0 aliphatic carbocycles. The van der Waals surface area contributed by atoms with Gasteiger partial charge in [0.2, 0.25) is 5.91 Å². The Morgan fingerprint density at radius 1 is 1.04 bits per heavy atom. The number of amides is 1. The van der Waals surface area contributed by atoms with Gasteiger partial charge in [-0.15, -0.1) is 22.7 Å². The van der Waals surface area contributed by atoms with Gasteiger partial charge in [0.25, 0.3) is 0 Å². The van der Waals surface area contributed by atoms with Crippen LogP contribution in [-0.4, -0.2) is 19.0 Å². The first-order valence-corrected chi connectivity index (χ1v) is 10.1. The lowest BCUT2D eigenvalue weighted by Gasteiger charge is -2.18. The summed E-state index contributed by atoms with van der Waals surface area (Å²) in [5, 5.41) is 10.5. The molecule has 3 nitrogen and oxygen atoms in total. The lowest BCUT2D eigenvalue weighted by molar-refractivity contribution is -0.120. The SMILES string of the molecule is Cc1ccc([C@H](NCC(=O)NCCc2cccs2)c2cccs2)cc1. The summed E-state index contributed by atoms with van der Waals surface area (Å²) in [6, 6.07) is 16.8. The third kappa shape index (κ3) is 5.26. The highest BCUT2D eigenvalue weighted by Gasteiger charge is 2.16. The van der Waals surface area contributed by atoms with Gasteiger partial charge in [-0.3, -0.25) is 10.1 Å². The van der Waals surface area contributed by atoms with Crippen LogP contribution in [0.1, 0.15) is 26.9 Å². The molecule has 1 atom stereocenters. The summed E-state index contributed by atoms with van der Waals surface area (Å²) in [6.07, 6.45) is 0.885. The van der Waals surface area contributed by atoms with Gasteiger partial charge in [-0.05, 0) is 41.8 Å². The summed E-state index contributed by atoms with van der Waals surface area (Å²) < 4.78 is 0. The number of rotatable bonds is 8. The standard InChI is InChI=1S/C20H22N2OS2/c1-15-6-8-16(9-7-15)20(18-5-3-13-25-18)22-14-19(23)21-11-10-17-4-2-12-24-17/h2-9,12-13,20,22H,10-11,14H2,1H3,(H,21,23)/t20-/m0/s1. The fourth-order valence-electron chi connectivity index (χ4n) is 2.63. The maximum absolute atomic E-state index is 12.2. The molecule has 2 N–H and O–H groups in total. The molecule has 3 aromatic rings. The van der Waals surface area contributed by atoms with Gasteiger partial charge in [-0.1, -0.05) is 42.0 Å². The molecule has 130 valence electrons. The summed E-state index contributed by atoms with van der Waals surface area (Å²) in [6.45, 7) is 3.06. The Labute approximate surface area is 156 Å². The van der Waals surface area contributed by atoms with Crippen LogP contribution in [0, 0.1) is 6.92 Å². The van der Waals surface area contributed by atoms with E-state index in [1.165, 1.54) is 20.9 Å². The van der Waals surface area contributed by atoms with Gasteiger partial charge in [0.15, 0.2) is 0 Å². The van der Waals surface area contributed by atoms with Crippen LogP contribution in [-0.2, 0) is 11.2 Å². The van der Waals surface area contributed by atoms with Crippen LogP contribution in [0.5, 0.6) is 0 Å². The molecule has 1 aromatic carbocycles. The zero-order valence-corrected chi connectivity index (χ0v) is 15.8. The fraction of sp³-hybridized carbons (Fsp3) is 0.250. The third-order valence-electron chi connectivity index (χ3n) is 3.98. The molecule has 0 aliphatic heterocycles. The predicted molar refractivity (Wildman–Crippen MR) is 106 cm³/mol. The van der Waals surface area contributed by atoms with Crippen molar-refractivity contribution in [2.45, 2.75) is 19.4 Å². The highest BCUT2D eigenvalue weighted by Crippen LogP contribution is 2.26. The monoisotopic (exact) mass is 370 g/mol. The second-order valence-corrected chi connectivity index (χ2v) is 7.93. The predicted octanol–water partition coefficient (Wildman–Crippen LogP) is 4.16. The lowest BCUT2D eigenvalue weighted by Crippen LogP contribution is -2.36. The van der Waals surface area contributed by atoms with Crippen molar-refractivity contribution < 1.29 is 4.79 Å². The van der Waals surface area contributed by atoms with E-state index in [1.807, 2.05) is 12.1 Å². The van der Waals surface area contributed by atoms with E-state index in [2.05, 4.69) is 64.7 Å². The minimum absolute atomic E-state index is 0.0326. The van der Waals surface area contributed by atoms with Crippen molar-refractivity contribution in [3.63, 3.8) is 0 Å². The summed E-state index contributed by atoms with van der Waals surface area (Å²) >= 11 is 3.43. The molecule has 0 spiro atoms. The highest BCUT2D eigenvalue weighted by atomic mass is 32.1. The van der Waals surface area contributed by atoms with E-state index < -0.39 is 0 Å². The van der Waals surface area contributed by atoms with E-state index in [0.29, 0.717) is 13.1 Å². The van der Waals surface area contributed by atoms with Crippen molar-refractivity contribution in [2.75, 3.05) is 13.1 Å². The molecule has 2 heterocycles. The molecule has 2 aromatic heterocycles. The Morgan fingerprint density at radius 2 is 1.80 bits per heavy atom. The van der Waals surface area contributed by atoms with Crippen molar-refractivity contribution in [2.24, 2.45) is 0 Å². The third-order valence-corrected chi connectivity index (χ3v) is 5.85. The average Bonchev–Trinajstić information content (AvgIpc) is 3.30. The molecule has 0 saturated heterocycles. The van der Waals surface area contributed by atoms with Gasteiger partial charge in [0.05, 0.1) is 12.6 Å². The number of carbonyl (C=O) groups is 1. The van der Waals surface area contributed by atoms with Gasteiger partial charge in [-0.25, -0.2) is 0 Å². The van der Waals surface area contributed by atoms with Crippen LogP contribution in [0.25, 0.3) is 0 Å². The normalized spacial score (nSPS) is 12.0. The molecule has 0 saturated carbocycles. The highest BCUT2D eigenvalue weighted by molar-refractivity contribution is 7.10. The van der Waals surface area contributed by atoms with Crippen molar-refractivity contribution in [1.29, 1.82) is 0 Å². The summed E-state index contributed by atoms with van der Waals surface area (Å²) in [5.41, 5.74) is 2.42. The van der Waals surface area contributed by atoms with Crippen LogP contribution < -0.4 is 10.6 Å². The molecule has 0 fully saturated rings. The molecule has 25 heavy (non-hydrogen) atoms. The van der Waals surface area contributed by atoms with E-state index in [-0.39, 0.29) is 11.9 Å². The molecule has 0 aliphatic rings. The fourth-order valence-corrected chi connectivity index (χ4v) is 4.17.